The number of hydrogen-bond donors (Lipinski definition) is 2. The fourth-order valence-corrected chi connectivity index (χ4v) is 7.00. The Labute approximate surface area is 208 Å². The molecule has 2 heterocycles. The maximum Gasteiger partial charge on any atom is 0.263 e. The van der Waals surface area contributed by atoms with Crippen LogP contribution >= 0.6 is 11.3 Å². The van der Waals surface area contributed by atoms with Gasteiger partial charge in [0, 0.05) is 35.9 Å². The third kappa shape index (κ3) is 5.87. The molecule has 4 rings (SSSR count). The van der Waals surface area contributed by atoms with Gasteiger partial charge in [-0.25, -0.2) is 21.8 Å². The molecule has 1 amide bonds. The molecule has 0 spiro atoms. The smallest absolute Gasteiger partial charge is 0.263 e. The van der Waals surface area contributed by atoms with Gasteiger partial charge in [0.2, 0.25) is 10.0 Å². The number of sulfonamides is 2. The SMILES string of the molecule is C[C@H]1CN(S(=O)(=O)c2ccc(C(=O)Nc3ccc(S(=O)(=O)Nc4nccs4)cc3)cc2)C[C@H](C)O1. The molecule has 1 aliphatic rings. The molecule has 0 bridgehead atoms. The zero-order valence-corrected chi connectivity index (χ0v) is 21.4. The predicted octanol–water partition coefficient (Wildman–Crippen LogP) is 2.99. The van der Waals surface area contributed by atoms with Crippen LogP contribution in [-0.2, 0) is 24.8 Å². The van der Waals surface area contributed by atoms with E-state index in [1.165, 1.54) is 59.0 Å². The maximum atomic E-state index is 13.0. The quantitative estimate of drug-likeness (QED) is 0.474. The molecule has 0 saturated carbocycles. The van der Waals surface area contributed by atoms with Crippen molar-refractivity contribution in [3.8, 4) is 0 Å². The first kappa shape index (κ1) is 25.3. The minimum absolute atomic E-state index is 0.0204. The monoisotopic (exact) mass is 536 g/mol. The predicted molar refractivity (Wildman–Crippen MR) is 133 cm³/mol. The van der Waals surface area contributed by atoms with E-state index in [4.69, 9.17) is 4.74 Å². The number of anilines is 2. The zero-order chi connectivity index (χ0) is 25.2. The highest BCUT2D eigenvalue weighted by atomic mass is 32.2. The number of aromatic nitrogens is 1. The molecular weight excluding hydrogens is 512 g/mol. The van der Waals surface area contributed by atoms with Crippen LogP contribution in [0.5, 0.6) is 0 Å². The van der Waals surface area contributed by atoms with Crippen molar-refractivity contribution in [3.63, 3.8) is 0 Å². The minimum atomic E-state index is -3.80. The van der Waals surface area contributed by atoms with Crippen LogP contribution in [0.3, 0.4) is 0 Å². The Balaban J connectivity index is 1.42. The number of hydrogen-bond acceptors (Lipinski definition) is 8. The molecule has 2 aromatic carbocycles. The zero-order valence-electron chi connectivity index (χ0n) is 18.9. The third-order valence-corrected chi connectivity index (χ3v) is 9.24. The molecule has 2 N–H and O–H groups in total. The van der Waals surface area contributed by atoms with E-state index >= 15 is 0 Å². The van der Waals surface area contributed by atoms with E-state index in [-0.39, 0.29) is 45.8 Å². The Morgan fingerprint density at radius 1 is 0.971 bits per heavy atom. The number of nitrogens with zero attached hydrogens (tertiary/aromatic N) is 2. The normalized spacial score (nSPS) is 19.3. The Bertz CT molecular complexity index is 1380. The van der Waals surface area contributed by atoms with Crippen LogP contribution in [-0.4, -0.2) is 57.3 Å². The number of ether oxygens (including phenoxy) is 1. The van der Waals surface area contributed by atoms with Crippen molar-refractivity contribution in [2.75, 3.05) is 23.1 Å². The second kappa shape index (κ2) is 10.0. The lowest BCUT2D eigenvalue weighted by Gasteiger charge is -2.34. The third-order valence-electron chi connectivity index (χ3n) is 5.22. The summed E-state index contributed by atoms with van der Waals surface area (Å²) in [6.45, 7) is 4.18. The first-order valence-corrected chi connectivity index (χ1v) is 14.4. The number of thiazole rings is 1. The van der Waals surface area contributed by atoms with Crippen molar-refractivity contribution in [1.82, 2.24) is 9.29 Å². The molecule has 10 nitrogen and oxygen atoms in total. The van der Waals surface area contributed by atoms with E-state index in [1.807, 2.05) is 13.8 Å². The van der Waals surface area contributed by atoms with Gasteiger partial charge in [0.05, 0.1) is 22.0 Å². The number of carbonyl (C=O) groups is 1. The van der Waals surface area contributed by atoms with Gasteiger partial charge >= 0.3 is 0 Å². The fourth-order valence-electron chi connectivity index (χ4n) is 3.62. The highest BCUT2D eigenvalue weighted by molar-refractivity contribution is 7.93. The van der Waals surface area contributed by atoms with Crippen molar-refractivity contribution in [2.24, 2.45) is 0 Å². The molecule has 0 radical (unpaired) electrons. The van der Waals surface area contributed by atoms with Crippen molar-refractivity contribution in [2.45, 2.75) is 35.8 Å². The standard InChI is InChI=1S/C22H24N4O6S3/c1-15-13-26(14-16(2)32-15)35(30,31)20-7-3-17(4-8-20)21(27)24-18-5-9-19(10-6-18)34(28,29)25-22-23-11-12-33-22/h3-12,15-16H,13-14H2,1-2H3,(H,23,25)(H,24,27)/t15-,16-/m0/s1. The van der Waals surface area contributed by atoms with E-state index < -0.39 is 26.0 Å². The molecule has 0 aliphatic carbocycles. The summed E-state index contributed by atoms with van der Waals surface area (Å²) in [7, 11) is -7.51. The van der Waals surface area contributed by atoms with E-state index in [0.29, 0.717) is 5.69 Å². The molecule has 1 aromatic heterocycles. The van der Waals surface area contributed by atoms with Crippen LogP contribution in [0.4, 0.5) is 10.8 Å². The number of amides is 1. The van der Waals surface area contributed by atoms with Crippen LogP contribution in [0.2, 0.25) is 0 Å². The molecule has 2 atom stereocenters. The van der Waals surface area contributed by atoms with E-state index in [9.17, 15) is 21.6 Å². The second-order valence-corrected chi connectivity index (χ2v) is 12.5. The van der Waals surface area contributed by atoms with Gasteiger partial charge in [-0.3, -0.25) is 9.52 Å². The minimum Gasteiger partial charge on any atom is -0.373 e. The molecule has 3 aromatic rings. The number of nitrogens with one attached hydrogen (secondary N) is 2. The Morgan fingerprint density at radius 3 is 2.14 bits per heavy atom. The number of benzene rings is 2. The summed E-state index contributed by atoms with van der Waals surface area (Å²) in [5.74, 6) is -0.459. The Hall–Kier alpha value is -2.84. The Morgan fingerprint density at radius 2 is 1.57 bits per heavy atom. The van der Waals surface area contributed by atoms with Crippen molar-refractivity contribution >= 4 is 48.1 Å². The van der Waals surface area contributed by atoms with Gasteiger partial charge in [-0.1, -0.05) is 0 Å². The molecule has 1 fully saturated rings. The van der Waals surface area contributed by atoms with Crippen molar-refractivity contribution in [3.05, 3.63) is 65.7 Å². The van der Waals surface area contributed by atoms with Crippen molar-refractivity contribution < 1.29 is 26.4 Å². The summed E-state index contributed by atoms with van der Waals surface area (Å²) < 4.78 is 60.2. The van der Waals surface area contributed by atoms with E-state index in [2.05, 4.69) is 15.0 Å². The summed E-state index contributed by atoms with van der Waals surface area (Å²) in [6, 6.07) is 11.3. The van der Waals surface area contributed by atoms with Gasteiger partial charge in [0.1, 0.15) is 0 Å². The molecule has 1 aliphatic heterocycles. The molecule has 13 heteroatoms. The van der Waals surface area contributed by atoms with Gasteiger partial charge in [-0.2, -0.15) is 4.31 Å². The molecule has 0 unspecified atom stereocenters. The average molecular weight is 537 g/mol. The van der Waals surface area contributed by atoms with Crippen LogP contribution in [0.25, 0.3) is 0 Å². The summed E-state index contributed by atoms with van der Waals surface area (Å²) in [5.41, 5.74) is 0.644. The number of rotatable bonds is 7. The van der Waals surface area contributed by atoms with Gasteiger partial charge in [0.15, 0.2) is 5.13 Å². The van der Waals surface area contributed by atoms with Crippen LogP contribution in [0, 0.1) is 0 Å². The summed E-state index contributed by atoms with van der Waals surface area (Å²) >= 11 is 1.16. The molecular formula is C22H24N4O6S3. The lowest BCUT2D eigenvalue weighted by molar-refractivity contribution is -0.0440. The lowest BCUT2D eigenvalue weighted by atomic mass is 10.2. The summed E-state index contributed by atoms with van der Waals surface area (Å²) in [4.78, 5) is 16.6. The Kier molecular flexibility index (Phi) is 7.24. The molecule has 35 heavy (non-hydrogen) atoms. The first-order chi connectivity index (χ1) is 16.5. The molecule has 186 valence electrons. The van der Waals surface area contributed by atoms with Crippen LogP contribution in [0.1, 0.15) is 24.2 Å². The van der Waals surface area contributed by atoms with Crippen molar-refractivity contribution in [1.29, 1.82) is 0 Å². The maximum absolute atomic E-state index is 13.0. The summed E-state index contributed by atoms with van der Waals surface area (Å²) in [6.07, 6.45) is 1.08. The van der Waals surface area contributed by atoms with Gasteiger partial charge in [-0.15, -0.1) is 11.3 Å². The first-order valence-electron chi connectivity index (χ1n) is 10.6. The number of carbonyl (C=O) groups excluding carboxylic acids is 1. The van der Waals surface area contributed by atoms with Crippen LogP contribution < -0.4 is 10.0 Å². The highest BCUT2D eigenvalue weighted by Gasteiger charge is 2.32. The fraction of sp³-hybridized carbons (Fsp3) is 0.273. The topological polar surface area (TPSA) is 135 Å². The largest absolute Gasteiger partial charge is 0.373 e. The lowest BCUT2D eigenvalue weighted by Crippen LogP contribution is -2.48. The number of morpholine rings is 1. The summed E-state index contributed by atoms with van der Waals surface area (Å²) in [5, 5.41) is 4.58. The van der Waals surface area contributed by atoms with E-state index in [0.717, 1.165) is 11.3 Å². The van der Waals surface area contributed by atoms with Gasteiger partial charge in [-0.05, 0) is 62.4 Å². The van der Waals surface area contributed by atoms with Gasteiger partial charge in [0.25, 0.3) is 15.9 Å². The highest BCUT2D eigenvalue weighted by Crippen LogP contribution is 2.23. The van der Waals surface area contributed by atoms with Crippen LogP contribution in [0.15, 0.2) is 69.9 Å². The average Bonchev–Trinajstić information content (AvgIpc) is 3.31. The van der Waals surface area contributed by atoms with Gasteiger partial charge < -0.3 is 10.1 Å². The molecule has 1 saturated heterocycles. The van der Waals surface area contributed by atoms with E-state index in [1.54, 1.807) is 5.38 Å². The second-order valence-electron chi connectivity index (χ2n) is 8.02.